The van der Waals surface area contributed by atoms with E-state index in [1.165, 1.54) is 36.8 Å². The van der Waals surface area contributed by atoms with E-state index >= 15 is 0 Å². The fourth-order valence-electron chi connectivity index (χ4n) is 6.08. The summed E-state index contributed by atoms with van der Waals surface area (Å²) in [4.78, 5) is 13.6. The van der Waals surface area contributed by atoms with Gasteiger partial charge in [-0.15, -0.1) is 0 Å². The molecule has 1 aromatic rings. The Hall–Kier alpha value is -2.23. The first-order valence-corrected chi connectivity index (χ1v) is 10.3. The van der Waals surface area contributed by atoms with E-state index in [-0.39, 0.29) is 11.6 Å². The first kappa shape index (κ1) is 16.9. The number of allylic oxidation sites excluding steroid dienone is 2. The molecule has 27 heavy (non-hydrogen) atoms. The van der Waals surface area contributed by atoms with Gasteiger partial charge in [0.1, 0.15) is 0 Å². The van der Waals surface area contributed by atoms with Crippen LogP contribution in [0.1, 0.15) is 63.0 Å². The van der Waals surface area contributed by atoms with Crippen molar-refractivity contribution in [3.05, 3.63) is 58.4 Å². The van der Waals surface area contributed by atoms with Crippen LogP contribution in [-0.4, -0.2) is 11.9 Å². The van der Waals surface area contributed by atoms with Crippen molar-refractivity contribution in [3.63, 3.8) is 0 Å². The monoisotopic (exact) mass is 361 g/mol. The van der Waals surface area contributed by atoms with Crippen LogP contribution < -0.4 is 5.32 Å². The van der Waals surface area contributed by atoms with E-state index in [2.05, 4.69) is 53.7 Å². The highest BCUT2D eigenvalue weighted by molar-refractivity contribution is 6.01. The normalized spacial score (nSPS) is 31.0. The summed E-state index contributed by atoms with van der Waals surface area (Å²) >= 11 is 0. The van der Waals surface area contributed by atoms with Crippen molar-refractivity contribution in [2.45, 2.75) is 70.4 Å². The first-order valence-electron chi connectivity index (χ1n) is 10.3. The van der Waals surface area contributed by atoms with Gasteiger partial charge in [0, 0.05) is 23.3 Å². The van der Waals surface area contributed by atoms with Gasteiger partial charge < -0.3 is 5.32 Å². The largest absolute Gasteiger partial charge is 0.362 e. The van der Waals surface area contributed by atoms with E-state index in [4.69, 9.17) is 0 Å². The molecule has 4 nitrogen and oxygen atoms in total. The molecule has 1 unspecified atom stereocenters. The maximum Gasteiger partial charge on any atom is 0.164 e. The molecule has 4 heteroatoms. The molecule has 2 heterocycles. The number of benzene rings is 1. The number of carbonyl (C=O) groups excluding carboxylic acids is 1. The van der Waals surface area contributed by atoms with Crippen LogP contribution in [-0.2, 0) is 10.2 Å². The van der Waals surface area contributed by atoms with Crippen LogP contribution in [0, 0.1) is 12.3 Å². The molecule has 5 rings (SSSR count). The Kier molecular flexibility index (Phi) is 3.68. The van der Waals surface area contributed by atoms with Crippen molar-refractivity contribution in [1.82, 2.24) is 5.32 Å². The van der Waals surface area contributed by atoms with E-state index < -0.39 is 5.41 Å². The quantitative estimate of drug-likeness (QED) is 0.797. The molecule has 4 aliphatic rings. The van der Waals surface area contributed by atoms with E-state index in [1.54, 1.807) is 0 Å². The third-order valence-electron chi connectivity index (χ3n) is 7.28. The molecule has 0 aromatic heterocycles. The minimum atomic E-state index is -0.405. The predicted octanol–water partition coefficient (Wildman–Crippen LogP) is 5.10. The highest BCUT2D eigenvalue weighted by Gasteiger charge is 2.54. The summed E-state index contributed by atoms with van der Waals surface area (Å²) in [5.41, 5.74) is 5.45. The van der Waals surface area contributed by atoms with Gasteiger partial charge in [0.15, 0.2) is 11.9 Å². The zero-order valence-electron chi connectivity index (χ0n) is 16.2. The molecule has 2 atom stereocenters. The fourth-order valence-corrected chi connectivity index (χ4v) is 6.08. The molecular weight excluding hydrogens is 334 g/mol. The number of ketones is 1. The number of rotatable bonds is 2. The summed E-state index contributed by atoms with van der Waals surface area (Å²) in [6.07, 6.45) is 9.15. The number of hydrogen-bond donors (Lipinski definition) is 1. The molecule has 2 aliphatic heterocycles. The smallest absolute Gasteiger partial charge is 0.164 e. The van der Waals surface area contributed by atoms with Gasteiger partial charge in [-0.2, -0.15) is 10.2 Å². The number of carbonyl (C=O) groups is 1. The lowest BCUT2D eigenvalue weighted by Crippen LogP contribution is -2.51. The van der Waals surface area contributed by atoms with E-state index in [0.29, 0.717) is 12.2 Å². The second-order valence-electron chi connectivity index (χ2n) is 8.83. The van der Waals surface area contributed by atoms with Gasteiger partial charge in [0.25, 0.3) is 0 Å². The molecule has 1 saturated carbocycles. The predicted molar refractivity (Wildman–Crippen MR) is 105 cm³/mol. The van der Waals surface area contributed by atoms with Crippen LogP contribution in [0.25, 0.3) is 0 Å². The van der Waals surface area contributed by atoms with Gasteiger partial charge in [-0.1, -0.05) is 49.6 Å². The standard InChI is InChI=1S/C23H27N3O/c1-3-23(16-8-6-7-15(2)11-16)17-14-24-26-21(17)25-18-12-22(9-4-5-10-22)13-19(27)20(18)23/h6-8,11,14,21,25H,3-5,9-10,12-13H2,1-2H3/t21?,23-/m1/s1. The van der Waals surface area contributed by atoms with Crippen LogP contribution in [0.4, 0.5) is 0 Å². The molecule has 0 amide bonds. The molecule has 140 valence electrons. The summed E-state index contributed by atoms with van der Waals surface area (Å²) in [5, 5.41) is 12.3. The van der Waals surface area contributed by atoms with Gasteiger partial charge in [-0.25, -0.2) is 0 Å². The van der Waals surface area contributed by atoms with Crippen molar-refractivity contribution in [2.75, 3.05) is 0 Å². The second-order valence-corrected chi connectivity index (χ2v) is 8.83. The fraction of sp³-hybridized carbons (Fsp3) is 0.522. The Morgan fingerprint density at radius 2 is 2.04 bits per heavy atom. The lowest BCUT2D eigenvalue weighted by atomic mass is 9.58. The molecule has 0 radical (unpaired) electrons. The van der Waals surface area contributed by atoms with Gasteiger partial charge in [0.2, 0.25) is 0 Å². The number of nitrogens with one attached hydrogen (secondary N) is 1. The number of hydrogen-bond acceptors (Lipinski definition) is 4. The van der Waals surface area contributed by atoms with Crippen molar-refractivity contribution < 1.29 is 4.79 Å². The lowest BCUT2D eigenvalue weighted by molar-refractivity contribution is -0.119. The van der Waals surface area contributed by atoms with Crippen molar-refractivity contribution in [3.8, 4) is 0 Å². The molecular formula is C23H27N3O. The van der Waals surface area contributed by atoms with Gasteiger partial charge >= 0.3 is 0 Å². The highest BCUT2D eigenvalue weighted by atomic mass is 16.1. The highest BCUT2D eigenvalue weighted by Crippen LogP contribution is 2.57. The Bertz CT molecular complexity index is 904. The summed E-state index contributed by atoms with van der Waals surface area (Å²) in [6.45, 7) is 4.32. The second kappa shape index (κ2) is 5.88. The third-order valence-corrected chi connectivity index (χ3v) is 7.28. The number of aryl methyl sites for hydroxylation is 1. The van der Waals surface area contributed by atoms with Crippen LogP contribution >= 0.6 is 0 Å². The minimum absolute atomic E-state index is 0.131. The number of Topliss-reactive ketones (excluding diaryl/α,β-unsaturated/α-hetero) is 1. The zero-order chi connectivity index (χ0) is 18.6. The Labute approximate surface area is 160 Å². The van der Waals surface area contributed by atoms with Crippen LogP contribution in [0.15, 0.2) is 57.5 Å². The SMILES string of the molecule is CC[C@@]1(c2cccc(C)c2)C2=CN=NC2NC2=C1C(=O)CC1(CCCC1)C2. The van der Waals surface area contributed by atoms with Crippen LogP contribution in [0.5, 0.6) is 0 Å². The first-order chi connectivity index (χ1) is 13.1. The van der Waals surface area contributed by atoms with E-state index in [0.717, 1.165) is 29.7 Å². The summed E-state index contributed by atoms with van der Waals surface area (Å²) in [7, 11) is 0. The molecule has 1 N–H and O–H groups in total. The molecule has 0 saturated heterocycles. The van der Waals surface area contributed by atoms with E-state index in [9.17, 15) is 4.79 Å². The average molecular weight is 361 g/mol. The summed E-state index contributed by atoms with van der Waals surface area (Å²) < 4.78 is 0. The van der Waals surface area contributed by atoms with Crippen LogP contribution in [0.3, 0.4) is 0 Å². The third kappa shape index (κ3) is 2.31. The van der Waals surface area contributed by atoms with E-state index in [1.807, 2.05) is 6.20 Å². The molecule has 1 spiro atoms. The maximum atomic E-state index is 13.6. The lowest BCUT2D eigenvalue weighted by Gasteiger charge is -2.48. The average Bonchev–Trinajstić information content (AvgIpc) is 3.29. The Morgan fingerprint density at radius 3 is 2.78 bits per heavy atom. The number of nitrogens with zero attached hydrogens (tertiary/aromatic N) is 2. The van der Waals surface area contributed by atoms with Crippen molar-refractivity contribution in [2.24, 2.45) is 15.6 Å². The molecule has 2 aliphatic carbocycles. The summed E-state index contributed by atoms with van der Waals surface area (Å²) in [6, 6.07) is 8.64. The van der Waals surface area contributed by atoms with Crippen molar-refractivity contribution >= 4 is 5.78 Å². The van der Waals surface area contributed by atoms with Crippen molar-refractivity contribution in [1.29, 1.82) is 0 Å². The minimum Gasteiger partial charge on any atom is -0.362 e. The molecule has 1 aromatic carbocycles. The van der Waals surface area contributed by atoms with Gasteiger partial charge in [-0.05, 0) is 43.6 Å². The number of azo groups is 1. The Morgan fingerprint density at radius 1 is 1.22 bits per heavy atom. The molecule has 0 bridgehead atoms. The summed E-state index contributed by atoms with van der Waals surface area (Å²) in [5.74, 6) is 0.334. The number of fused-ring (bicyclic) bond motifs is 1. The van der Waals surface area contributed by atoms with Gasteiger partial charge in [0.05, 0.1) is 11.6 Å². The Balaban J connectivity index is 1.73. The zero-order valence-corrected chi connectivity index (χ0v) is 16.2. The maximum absolute atomic E-state index is 13.6. The molecule has 1 fully saturated rings. The van der Waals surface area contributed by atoms with Crippen LogP contribution in [0.2, 0.25) is 0 Å². The van der Waals surface area contributed by atoms with Gasteiger partial charge in [-0.3, -0.25) is 4.79 Å². The topological polar surface area (TPSA) is 53.8 Å².